The Morgan fingerprint density at radius 1 is 1.59 bits per heavy atom. The normalized spacial score (nSPS) is 22.2. The number of rotatable bonds is 6. The molecule has 0 aliphatic heterocycles. The van der Waals surface area contributed by atoms with Crippen LogP contribution in [-0.4, -0.2) is 51.7 Å². The lowest BCUT2D eigenvalue weighted by Gasteiger charge is -2.28. The van der Waals surface area contributed by atoms with Gasteiger partial charge in [0.2, 0.25) is 5.91 Å². The fourth-order valence-corrected chi connectivity index (χ4v) is 4.19. The molecule has 7 heteroatoms. The summed E-state index contributed by atoms with van der Waals surface area (Å²) in [5.74, 6) is 1.29. The summed E-state index contributed by atoms with van der Waals surface area (Å²) in [5, 5.41) is 8.00. The van der Waals surface area contributed by atoms with Gasteiger partial charge in [-0.2, -0.15) is 16.9 Å². The minimum Gasteiger partial charge on any atom is -0.341 e. The summed E-state index contributed by atoms with van der Waals surface area (Å²) in [7, 11) is 5.63. The van der Waals surface area contributed by atoms with E-state index in [1.165, 1.54) is 6.42 Å². The summed E-state index contributed by atoms with van der Waals surface area (Å²) < 4.78 is 1.73. The van der Waals surface area contributed by atoms with Gasteiger partial charge in [-0.3, -0.25) is 9.48 Å². The number of halogens is 1. The molecular weight excluding hydrogens is 320 g/mol. The summed E-state index contributed by atoms with van der Waals surface area (Å²) in [5.41, 5.74) is 0.925. The minimum absolute atomic E-state index is 0. The van der Waals surface area contributed by atoms with Crippen LogP contribution < -0.4 is 5.32 Å². The Morgan fingerprint density at radius 2 is 2.32 bits per heavy atom. The van der Waals surface area contributed by atoms with Crippen LogP contribution in [0.2, 0.25) is 0 Å². The lowest BCUT2D eigenvalue weighted by molar-refractivity contribution is -0.134. The van der Waals surface area contributed by atoms with E-state index in [-0.39, 0.29) is 24.4 Å². The number of likely N-dealkylation sites (N-methyl/N-ethyl adjacent to an activating group) is 2. The highest BCUT2D eigenvalue weighted by molar-refractivity contribution is 7.99. The molecule has 0 bridgehead atoms. The average molecular weight is 347 g/mol. The maximum Gasteiger partial charge on any atom is 0.244 e. The first-order chi connectivity index (χ1) is 10.1. The molecule has 22 heavy (non-hydrogen) atoms. The molecule has 1 heterocycles. The number of nitrogens with one attached hydrogen (secondary N) is 1. The van der Waals surface area contributed by atoms with Gasteiger partial charge in [0.25, 0.3) is 0 Å². The fraction of sp³-hybridized carbons (Fsp3) is 0.733. The Bertz CT molecular complexity index is 482. The van der Waals surface area contributed by atoms with Gasteiger partial charge in [0.05, 0.1) is 6.20 Å². The van der Waals surface area contributed by atoms with Crippen LogP contribution in [0.25, 0.3) is 0 Å². The number of hydrogen-bond donors (Lipinski definition) is 1. The van der Waals surface area contributed by atoms with Crippen LogP contribution in [0.3, 0.4) is 0 Å². The van der Waals surface area contributed by atoms with E-state index in [4.69, 9.17) is 0 Å². The number of nitrogens with zero attached hydrogens (tertiary/aromatic N) is 3. The van der Waals surface area contributed by atoms with E-state index in [1.807, 2.05) is 44.0 Å². The lowest BCUT2D eigenvalue weighted by Crippen LogP contribution is -2.42. The molecule has 2 rings (SSSR count). The summed E-state index contributed by atoms with van der Waals surface area (Å²) in [6, 6.07) is 0.0654. The Balaban J connectivity index is 0.00000242. The Hall–Kier alpha value is -0.720. The second-order valence-corrected chi connectivity index (χ2v) is 7.24. The van der Waals surface area contributed by atoms with Gasteiger partial charge in [0, 0.05) is 37.1 Å². The molecule has 3 atom stereocenters. The van der Waals surface area contributed by atoms with E-state index in [1.54, 1.807) is 10.9 Å². The van der Waals surface area contributed by atoms with E-state index in [0.29, 0.717) is 11.3 Å². The Kier molecular flexibility index (Phi) is 7.72. The number of carbonyl (C=O) groups is 1. The van der Waals surface area contributed by atoms with Gasteiger partial charge in [0.1, 0.15) is 6.04 Å². The molecule has 1 saturated carbocycles. The molecule has 0 spiro atoms. The van der Waals surface area contributed by atoms with Crippen molar-refractivity contribution in [2.24, 2.45) is 7.05 Å². The van der Waals surface area contributed by atoms with Crippen LogP contribution in [0.1, 0.15) is 37.8 Å². The number of thioether (sulfide) groups is 1. The predicted octanol–water partition coefficient (Wildman–Crippen LogP) is 2.24. The molecular formula is C15H27ClN4OS. The van der Waals surface area contributed by atoms with Gasteiger partial charge >= 0.3 is 0 Å². The molecule has 1 aromatic heterocycles. The standard InChI is InChI=1S/C15H26N4OS.ClH/c1-5-21-13-7-6-12(8-13)19(4)15(20)14(16-2)11-9-17-18(3)10-11;/h9-10,12-14,16H,5-8H2,1-4H3;1H. The van der Waals surface area contributed by atoms with Gasteiger partial charge in [-0.05, 0) is 32.1 Å². The zero-order chi connectivity index (χ0) is 15.4. The molecule has 1 aromatic rings. The highest BCUT2D eigenvalue weighted by Gasteiger charge is 2.33. The summed E-state index contributed by atoms with van der Waals surface area (Å²) in [6.07, 6.45) is 7.11. The van der Waals surface area contributed by atoms with E-state index < -0.39 is 0 Å². The fourth-order valence-electron chi connectivity index (χ4n) is 3.06. The van der Waals surface area contributed by atoms with Crippen molar-refractivity contribution in [1.29, 1.82) is 0 Å². The monoisotopic (exact) mass is 346 g/mol. The zero-order valence-electron chi connectivity index (χ0n) is 13.8. The number of aromatic nitrogens is 2. The highest BCUT2D eigenvalue weighted by Crippen LogP contribution is 2.33. The van der Waals surface area contributed by atoms with Crippen LogP contribution in [0.15, 0.2) is 12.4 Å². The minimum atomic E-state index is -0.304. The molecule has 5 nitrogen and oxygen atoms in total. The number of aryl methyl sites for hydroxylation is 1. The lowest BCUT2D eigenvalue weighted by atomic mass is 10.1. The molecule has 0 aromatic carbocycles. The van der Waals surface area contributed by atoms with Crippen molar-refractivity contribution < 1.29 is 4.79 Å². The summed E-state index contributed by atoms with van der Waals surface area (Å²) >= 11 is 2.02. The molecule has 0 radical (unpaired) electrons. The summed E-state index contributed by atoms with van der Waals surface area (Å²) in [6.45, 7) is 2.20. The van der Waals surface area contributed by atoms with Crippen molar-refractivity contribution in [3.8, 4) is 0 Å². The van der Waals surface area contributed by atoms with E-state index in [0.717, 1.165) is 24.2 Å². The van der Waals surface area contributed by atoms with Gasteiger partial charge in [-0.25, -0.2) is 0 Å². The van der Waals surface area contributed by atoms with E-state index in [2.05, 4.69) is 17.3 Å². The van der Waals surface area contributed by atoms with Crippen molar-refractivity contribution in [3.63, 3.8) is 0 Å². The molecule has 1 aliphatic carbocycles. The van der Waals surface area contributed by atoms with Crippen molar-refractivity contribution in [3.05, 3.63) is 18.0 Å². The van der Waals surface area contributed by atoms with Crippen LogP contribution >= 0.6 is 24.2 Å². The largest absolute Gasteiger partial charge is 0.341 e. The molecule has 126 valence electrons. The number of carbonyl (C=O) groups excluding carboxylic acids is 1. The van der Waals surface area contributed by atoms with Gasteiger partial charge in [0.15, 0.2) is 0 Å². The third-order valence-corrected chi connectivity index (χ3v) is 5.48. The van der Waals surface area contributed by atoms with Crippen molar-refractivity contribution in [1.82, 2.24) is 20.0 Å². The maximum atomic E-state index is 12.8. The topological polar surface area (TPSA) is 50.2 Å². The third kappa shape index (κ3) is 4.40. The smallest absolute Gasteiger partial charge is 0.244 e. The highest BCUT2D eigenvalue weighted by atomic mass is 35.5. The van der Waals surface area contributed by atoms with Crippen molar-refractivity contribution in [2.45, 2.75) is 43.5 Å². The zero-order valence-corrected chi connectivity index (χ0v) is 15.4. The molecule has 1 N–H and O–H groups in total. The first kappa shape index (κ1) is 19.3. The quantitative estimate of drug-likeness (QED) is 0.858. The Morgan fingerprint density at radius 3 is 2.86 bits per heavy atom. The SMILES string of the molecule is CCSC1CCC(N(C)C(=O)C(NC)c2cnn(C)c2)C1.Cl. The van der Waals surface area contributed by atoms with Crippen LogP contribution in [0, 0.1) is 0 Å². The van der Waals surface area contributed by atoms with Crippen LogP contribution in [0.4, 0.5) is 0 Å². The predicted molar refractivity (Wildman–Crippen MR) is 94.6 cm³/mol. The number of hydrogen-bond acceptors (Lipinski definition) is 4. The molecule has 1 amide bonds. The average Bonchev–Trinajstić information content (AvgIpc) is 3.09. The number of amides is 1. The van der Waals surface area contributed by atoms with Crippen molar-refractivity contribution in [2.75, 3.05) is 19.8 Å². The van der Waals surface area contributed by atoms with Gasteiger partial charge in [-0.1, -0.05) is 6.92 Å². The second kappa shape index (κ2) is 8.79. The van der Waals surface area contributed by atoms with Gasteiger partial charge < -0.3 is 10.2 Å². The molecule has 1 aliphatic rings. The first-order valence-electron chi connectivity index (χ1n) is 7.60. The molecule has 0 saturated heterocycles. The first-order valence-corrected chi connectivity index (χ1v) is 8.65. The van der Waals surface area contributed by atoms with E-state index in [9.17, 15) is 4.79 Å². The van der Waals surface area contributed by atoms with Crippen molar-refractivity contribution >= 4 is 30.1 Å². The van der Waals surface area contributed by atoms with Crippen LogP contribution in [0.5, 0.6) is 0 Å². The van der Waals surface area contributed by atoms with Crippen LogP contribution in [-0.2, 0) is 11.8 Å². The Labute approximate surface area is 143 Å². The van der Waals surface area contributed by atoms with Gasteiger partial charge in [-0.15, -0.1) is 12.4 Å². The third-order valence-electron chi connectivity index (χ3n) is 4.25. The maximum absolute atomic E-state index is 12.8. The molecule has 3 unspecified atom stereocenters. The second-order valence-electron chi connectivity index (χ2n) is 5.66. The van der Waals surface area contributed by atoms with E-state index >= 15 is 0 Å². The summed E-state index contributed by atoms with van der Waals surface area (Å²) in [4.78, 5) is 14.7. The molecule has 1 fully saturated rings.